The lowest BCUT2D eigenvalue weighted by molar-refractivity contribution is -0.126. The van der Waals surface area contributed by atoms with Crippen LogP contribution in [0.15, 0.2) is 53.9 Å². The Morgan fingerprint density at radius 3 is 2.70 bits per heavy atom. The summed E-state index contributed by atoms with van der Waals surface area (Å²) in [5, 5.41) is 2.99. The number of carbonyl (C=O) groups is 2. The van der Waals surface area contributed by atoms with Crippen molar-refractivity contribution in [2.75, 3.05) is 13.6 Å². The number of likely N-dealkylation sites (N-methyl/N-ethyl adjacent to an activating group) is 1. The van der Waals surface area contributed by atoms with Gasteiger partial charge in [0.1, 0.15) is 0 Å². The number of nitrogens with zero attached hydrogens (tertiary/aromatic N) is 3. The number of benzene rings is 1. The molecule has 6 heteroatoms. The fourth-order valence-electron chi connectivity index (χ4n) is 3.82. The van der Waals surface area contributed by atoms with Gasteiger partial charge in [0.25, 0.3) is 5.91 Å². The van der Waals surface area contributed by atoms with Crippen molar-refractivity contribution in [3.05, 3.63) is 76.2 Å². The zero-order valence-corrected chi connectivity index (χ0v) is 15.7. The third-order valence-corrected chi connectivity index (χ3v) is 5.25. The van der Waals surface area contributed by atoms with E-state index in [0.29, 0.717) is 18.7 Å². The Labute approximate surface area is 158 Å². The SMILES string of the molecule is Cc1ccc(C2NC(=O)N(C)C3=C2C(=O)N(Cc2ccccn2)C3)c(C)c1. The van der Waals surface area contributed by atoms with Gasteiger partial charge in [-0.3, -0.25) is 14.7 Å². The lowest BCUT2D eigenvalue weighted by atomic mass is 9.91. The third kappa shape index (κ3) is 2.97. The number of hydrogen-bond donors (Lipinski definition) is 1. The van der Waals surface area contributed by atoms with Crippen molar-refractivity contribution in [1.82, 2.24) is 20.1 Å². The summed E-state index contributed by atoms with van der Waals surface area (Å²) in [6.07, 6.45) is 1.72. The zero-order chi connectivity index (χ0) is 19.1. The number of carbonyl (C=O) groups excluding carboxylic acids is 2. The third-order valence-electron chi connectivity index (χ3n) is 5.25. The summed E-state index contributed by atoms with van der Waals surface area (Å²) in [4.78, 5) is 33.3. The summed E-state index contributed by atoms with van der Waals surface area (Å²) in [6, 6.07) is 11.1. The maximum Gasteiger partial charge on any atom is 0.322 e. The molecule has 2 aliphatic rings. The van der Waals surface area contributed by atoms with Crippen LogP contribution in [0.3, 0.4) is 0 Å². The van der Waals surface area contributed by atoms with Gasteiger partial charge in [-0.25, -0.2) is 4.79 Å². The van der Waals surface area contributed by atoms with Gasteiger partial charge in [-0.2, -0.15) is 0 Å². The van der Waals surface area contributed by atoms with E-state index in [1.165, 1.54) is 0 Å². The van der Waals surface area contributed by atoms with Crippen LogP contribution < -0.4 is 5.32 Å². The van der Waals surface area contributed by atoms with Crippen LogP contribution in [0.4, 0.5) is 4.79 Å². The van der Waals surface area contributed by atoms with Crippen LogP contribution in [0.5, 0.6) is 0 Å². The Morgan fingerprint density at radius 1 is 1.19 bits per heavy atom. The Hall–Kier alpha value is -3.15. The Balaban J connectivity index is 1.71. The van der Waals surface area contributed by atoms with Crippen LogP contribution >= 0.6 is 0 Å². The van der Waals surface area contributed by atoms with Crippen molar-refractivity contribution in [2.45, 2.75) is 26.4 Å². The summed E-state index contributed by atoms with van der Waals surface area (Å²) < 4.78 is 0. The first-order valence-electron chi connectivity index (χ1n) is 8.99. The minimum atomic E-state index is -0.425. The number of urea groups is 1. The molecule has 0 fully saturated rings. The van der Waals surface area contributed by atoms with Crippen LogP contribution in [0.25, 0.3) is 0 Å². The summed E-state index contributed by atoms with van der Waals surface area (Å²) in [5.74, 6) is -0.0486. The number of aryl methyl sites for hydroxylation is 2. The van der Waals surface area contributed by atoms with Crippen molar-refractivity contribution in [3.63, 3.8) is 0 Å². The number of aromatic nitrogens is 1. The van der Waals surface area contributed by atoms with Gasteiger partial charge in [0.15, 0.2) is 0 Å². The minimum Gasteiger partial charge on any atom is -0.327 e. The van der Waals surface area contributed by atoms with Crippen molar-refractivity contribution >= 4 is 11.9 Å². The smallest absolute Gasteiger partial charge is 0.322 e. The highest BCUT2D eigenvalue weighted by Crippen LogP contribution is 2.37. The molecule has 3 heterocycles. The monoisotopic (exact) mass is 362 g/mol. The Bertz CT molecular complexity index is 952. The Kier molecular flexibility index (Phi) is 4.18. The molecule has 3 amide bonds. The first-order chi connectivity index (χ1) is 13.0. The summed E-state index contributed by atoms with van der Waals surface area (Å²) >= 11 is 0. The van der Waals surface area contributed by atoms with E-state index in [9.17, 15) is 9.59 Å². The molecule has 0 bridgehead atoms. The molecule has 2 aromatic rings. The molecular weight excluding hydrogens is 340 g/mol. The maximum atomic E-state index is 13.2. The molecule has 0 spiro atoms. The summed E-state index contributed by atoms with van der Waals surface area (Å²) in [5.41, 5.74) is 5.43. The van der Waals surface area contributed by atoms with Crippen LogP contribution in [-0.2, 0) is 11.3 Å². The minimum absolute atomic E-state index is 0.0486. The molecule has 1 unspecified atom stereocenters. The van der Waals surface area contributed by atoms with Crippen LogP contribution in [0, 0.1) is 13.8 Å². The molecule has 0 saturated heterocycles. The molecule has 1 aromatic carbocycles. The molecule has 2 aliphatic heterocycles. The lowest BCUT2D eigenvalue weighted by Crippen LogP contribution is -2.45. The number of rotatable bonds is 3. The van der Waals surface area contributed by atoms with E-state index in [0.717, 1.165) is 28.1 Å². The van der Waals surface area contributed by atoms with Crippen molar-refractivity contribution in [1.29, 1.82) is 0 Å². The summed E-state index contributed by atoms with van der Waals surface area (Å²) in [6.45, 7) is 4.88. The molecule has 0 saturated carbocycles. The molecule has 4 rings (SSSR count). The van der Waals surface area contributed by atoms with Crippen LogP contribution in [0.1, 0.15) is 28.4 Å². The van der Waals surface area contributed by atoms with Crippen molar-refractivity contribution < 1.29 is 9.59 Å². The number of pyridine rings is 1. The zero-order valence-electron chi connectivity index (χ0n) is 15.7. The fraction of sp³-hybridized carbons (Fsp3) is 0.286. The average Bonchev–Trinajstić information content (AvgIpc) is 2.96. The van der Waals surface area contributed by atoms with Gasteiger partial charge in [-0.1, -0.05) is 29.8 Å². The molecule has 1 atom stereocenters. The average molecular weight is 362 g/mol. The number of hydrogen-bond acceptors (Lipinski definition) is 3. The molecule has 1 N–H and O–H groups in total. The second kappa shape index (κ2) is 6.54. The van der Waals surface area contributed by atoms with Crippen molar-refractivity contribution in [2.24, 2.45) is 0 Å². The number of nitrogens with one attached hydrogen (secondary N) is 1. The quantitative estimate of drug-likeness (QED) is 0.913. The van der Waals surface area contributed by atoms with Gasteiger partial charge in [0.05, 0.1) is 36.1 Å². The van der Waals surface area contributed by atoms with Gasteiger partial charge >= 0.3 is 6.03 Å². The number of amides is 3. The standard InChI is InChI=1S/C21H22N4O2/c1-13-7-8-16(14(2)10-13)19-18-17(24(3)21(27)23-19)12-25(20(18)26)11-15-6-4-5-9-22-15/h4-10,19H,11-12H2,1-3H3,(H,23,27). The normalized spacial score (nSPS) is 19.4. The molecule has 0 radical (unpaired) electrons. The van der Waals surface area contributed by atoms with Gasteiger partial charge in [-0.15, -0.1) is 0 Å². The van der Waals surface area contributed by atoms with E-state index < -0.39 is 6.04 Å². The topological polar surface area (TPSA) is 65.5 Å². The van der Waals surface area contributed by atoms with Crippen LogP contribution in [-0.4, -0.2) is 40.3 Å². The highest BCUT2D eigenvalue weighted by atomic mass is 16.2. The highest BCUT2D eigenvalue weighted by Gasteiger charge is 2.43. The van der Waals surface area contributed by atoms with Gasteiger partial charge in [0, 0.05) is 13.2 Å². The molecule has 1 aromatic heterocycles. The van der Waals surface area contributed by atoms with Gasteiger partial charge in [0.2, 0.25) is 0 Å². The predicted molar refractivity (Wildman–Crippen MR) is 102 cm³/mol. The largest absolute Gasteiger partial charge is 0.327 e. The van der Waals surface area contributed by atoms with Crippen LogP contribution in [0.2, 0.25) is 0 Å². The second-order valence-corrected chi connectivity index (χ2v) is 7.14. The van der Waals surface area contributed by atoms with Gasteiger partial charge < -0.3 is 10.2 Å². The van der Waals surface area contributed by atoms with E-state index in [-0.39, 0.29) is 11.9 Å². The molecule has 0 aliphatic carbocycles. The van der Waals surface area contributed by atoms with Crippen molar-refractivity contribution in [3.8, 4) is 0 Å². The first-order valence-corrected chi connectivity index (χ1v) is 8.99. The molecule has 6 nitrogen and oxygen atoms in total. The van der Waals surface area contributed by atoms with E-state index in [2.05, 4.69) is 16.4 Å². The second-order valence-electron chi connectivity index (χ2n) is 7.14. The summed E-state index contributed by atoms with van der Waals surface area (Å²) in [7, 11) is 1.71. The maximum absolute atomic E-state index is 13.2. The van der Waals surface area contributed by atoms with E-state index >= 15 is 0 Å². The molecule has 138 valence electrons. The lowest BCUT2D eigenvalue weighted by Gasteiger charge is -2.31. The first kappa shape index (κ1) is 17.3. The molecular formula is C21H22N4O2. The van der Waals surface area contributed by atoms with Gasteiger partial charge in [-0.05, 0) is 37.1 Å². The predicted octanol–water partition coefficient (Wildman–Crippen LogP) is 2.69. The Morgan fingerprint density at radius 2 is 2.00 bits per heavy atom. The van der Waals surface area contributed by atoms with E-state index in [4.69, 9.17) is 0 Å². The van der Waals surface area contributed by atoms with E-state index in [1.54, 1.807) is 23.0 Å². The fourth-order valence-corrected chi connectivity index (χ4v) is 3.82. The highest BCUT2D eigenvalue weighted by molar-refractivity contribution is 6.01. The molecule has 27 heavy (non-hydrogen) atoms. The van der Waals surface area contributed by atoms with E-state index in [1.807, 2.05) is 44.2 Å².